The molecule has 0 radical (unpaired) electrons. The van der Waals surface area contributed by atoms with Crippen LogP contribution >= 0.6 is 0 Å². The SMILES string of the molecule is CCNCC1(CN2CCN(C)C(C)C2)CCOC1. The normalized spacial score (nSPS) is 35.2. The second-order valence-electron chi connectivity index (χ2n) is 6.15. The summed E-state index contributed by atoms with van der Waals surface area (Å²) in [4.78, 5) is 5.09. The molecule has 4 heteroatoms. The fraction of sp³-hybridized carbons (Fsp3) is 1.00. The van der Waals surface area contributed by atoms with Gasteiger partial charge in [0.2, 0.25) is 0 Å². The highest BCUT2D eigenvalue weighted by atomic mass is 16.5. The van der Waals surface area contributed by atoms with E-state index in [1.165, 1.54) is 32.6 Å². The molecule has 1 N–H and O–H groups in total. The Labute approximate surface area is 112 Å². The molecule has 18 heavy (non-hydrogen) atoms. The molecular weight excluding hydrogens is 226 g/mol. The van der Waals surface area contributed by atoms with Crippen LogP contribution in [-0.2, 0) is 4.74 Å². The minimum Gasteiger partial charge on any atom is -0.381 e. The lowest BCUT2D eigenvalue weighted by Gasteiger charge is -2.42. The molecule has 0 amide bonds. The van der Waals surface area contributed by atoms with Crippen molar-refractivity contribution in [3.8, 4) is 0 Å². The largest absolute Gasteiger partial charge is 0.381 e. The summed E-state index contributed by atoms with van der Waals surface area (Å²) in [7, 11) is 2.23. The summed E-state index contributed by atoms with van der Waals surface area (Å²) in [6.45, 7) is 13.3. The summed E-state index contributed by atoms with van der Waals surface area (Å²) >= 11 is 0. The van der Waals surface area contributed by atoms with Crippen molar-refractivity contribution in [2.24, 2.45) is 5.41 Å². The van der Waals surface area contributed by atoms with Crippen molar-refractivity contribution in [2.75, 3.05) is 59.5 Å². The van der Waals surface area contributed by atoms with Crippen molar-refractivity contribution in [3.05, 3.63) is 0 Å². The average molecular weight is 255 g/mol. The minimum absolute atomic E-state index is 0.353. The van der Waals surface area contributed by atoms with Crippen LogP contribution in [0.25, 0.3) is 0 Å². The standard InChI is InChI=1S/C14H29N3O/c1-4-15-10-14(5-8-18-12-14)11-17-7-6-16(3)13(2)9-17/h13,15H,4-12H2,1-3H3. The van der Waals surface area contributed by atoms with E-state index < -0.39 is 0 Å². The van der Waals surface area contributed by atoms with E-state index in [2.05, 4.69) is 36.0 Å². The monoisotopic (exact) mass is 255 g/mol. The lowest BCUT2D eigenvalue weighted by molar-refractivity contribution is 0.0557. The van der Waals surface area contributed by atoms with Gasteiger partial charge in [0.1, 0.15) is 0 Å². The van der Waals surface area contributed by atoms with Crippen LogP contribution in [0.15, 0.2) is 0 Å². The molecule has 0 aliphatic carbocycles. The summed E-state index contributed by atoms with van der Waals surface area (Å²) in [5.74, 6) is 0. The van der Waals surface area contributed by atoms with E-state index in [-0.39, 0.29) is 0 Å². The number of nitrogens with zero attached hydrogens (tertiary/aromatic N) is 2. The van der Waals surface area contributed by atoms with Crippen molar-refractivity contribution in [1.82, 2.24) is 15.1 Å². The molecule has 2 fully saturated rings. The van der Waals surface area contributed by atoms with Crippen LogP contribution in [-0.4, -0.2) is 75.4 Å². The van der Waals surface area contributed by atoms with Gasteiger partial charge in [-0.25, -0.2) is 0 Å². The van der Waals surface area contributed by atoms with Gasteiger partial charge in [0, 0.05) is 50.8 Å². The second kappa shape index (κ2) is 6.33. The maximum Gasteiger partial charge on any atom is 0.0547 e. The van der Waals surface area contributed by atoms with E-state index in [0.29, 0.717) is 11.5 Å². The summed E-state index contributed by atoms with van der Waals surface area (Å²) in [5, 5.41) is 3.52. The molecule has 0 aromatic carbocycles. The van der Waals surface area contributed by atoms with Gasteiger partial charge >= 0.3 is 0 Å². The topological polar surface area (TPSA) is 27.7 Å². The number of likely N-dealkylation sites (N-methyl/N-ethyl adjacent to an activating group) is 1. The number of ether oxygens (including phenoxy) is 1. The summed E-state index contributed by atoms with van der Waals surface area (Å²) in [5.41, 5.74) is 0.353. The van der Waals surface area contributed by atoms with E-state index in [4.69, 9.17) is 4.74 Å². The summed E-state index contributed by atoms with van der Waals surface area (Å²) in [6, 6.07) is 0.678. The van der Waals surface area contributed by atoms with Crippen molar-refractivity contribution in [2.45, 2.75) is 26.3 Å². The van der Waals surface area contributed by atoms with Gasteiger partial charge in [-0.05, 0) is 26.9 Å². The number of hydrogen-bond acceptors (Lipinski definition) is 4. The molecule has 106 valence electrons. The van der Waals surface area contributed by atoms with Crippen LogP contribution in [0, 0.1) is 5.41 Å². The quantitative estimate of drug-likeness (QED) is 0.780. The van der Waals surface area contributed by atoms with Gasteiger partial charge in [0.05, 0.1) is 6.61 Å². The first-order valence-corrected chi connectivity index (χ1v) is 7.36. The van der Waals surface area contributed by atoms with Gasteiger partial charge in [-0.2, -0.15) is 0 Å². The Hall–Kier alpha value is -0.160. The number of piperazine rings is 1. The predicted molar refractivity (Wildman–Crippen MR) is 74.9 cm³/mol. The van der Waals surface area contributed by atoms with Crippen LogP contribution in [0.5, 0.6) is 0 Å². The Balaban J connectivity index is 1.88. The van der Waals surface area contributed by atoms with E-state index >= 15 is 0 Å². The summed E-state index contributed by atoms with van der Waals surface area (Å²) in [6.07, 6.45) is 1.21. The smallest absolute Gasteiger partial charge is 0.0547 e. The third-order valence-corrected chi connectivity index (χ3v) is 4.54. The number of nitrogens with one attached hydrogen (secondary N) is 1. The van der Waals surface area contributed by atoms with Crippen LogP contribution in [0.3, 0.4) is 0 Å². The van der Waals surface area contributed by atoms with Crippen LogP contribution in [0.4, 0.5) is 0 Å². The maximum absolute atomic E-state index is 5.67. The third kappa shape index (κ3) is 3.44. The first-order chi connectivity index (χ1) is 8.65. The molecule has 2 saturated heterocycles. The third-order valence-electron chi connectivity index (χ3n) is 4.54. The van der Waals surface area contributed by atoms with Crippen LogP contribution in [0.2, 0.25) is 0 Å². The molecule has 0 bridgehead atoms. The Morgan fingerprint density at radius 3 is 2.83 bits per heavy atom. The molecule has 0 aromatic heterocycles. The van der Waals surface area contributed by atoms with Gasteiger partial charge in [-0.15, -0.1) is 0 Å². The molecule has 4 nitrogen and oxygen atoms in total. The fourth-order valence-corrected chi connectivity index (χ4v) is 3.10. The highest BCUT2D eigenvalue weighted by Gasteiger charge is 2.37. The van der Waals surface area contributed by atoms with Crippen LogP contribution < -0.4 is 5.32 Å². The highest BCUT2D eigenvalue weighted by Crippen LogP contribution is 2.29. The second-order valence-corrected chi connectivity index (χ2v) is 6.15. The molecule has 2 unspecified atom stereocenters. The lowest BCUT2D eigenvalue weighted by atomic mass is 9.86. The predicted octanol–water partition coefficient (Wildman–Crippen LogP) is 0.639. The first kappa shape index (κ1) is 14.3. The average Bonchev–Trinajstić information content (AvgIpc) is 2.80. The van der Waals surface area contributed by atoms with Gasteiger partial charge < -0.3 is 15.0 Å². The number of rotatable bonds is 5. The number of hydrogen-bond donors (Lipinski definition) is 1. The minimum atomic E-state index is 0.353. The zero-order valence-corrected chi connectivity index (χ0v) is 12.2. The molecule has 2 rings (SSSR count). The molecule has 0 spiro atoms. The van der Waals surface area contributed by atoms with Gasteiger partial charge in [0.15, 0.2) is 0 Å². The van der Waals surface area contributed by atoms with E-state index in [1.807, 2.05) is 0 Å². The zero-order chi connectivity index (χ0) is 13.0. The molecule has 0 saturated carbocycles. The van der Waals surface area contributed by atoms with Gasteiger partial charge in [-0.3, -0.25) is 4.90 Å². The summed E-state index contributed by atoms with van der Waals surface area (Å²) < 4.78 is 5.67. The molecular formula is C14H29N3O. The van der Waals surface area contributed by atoms with Crippen molar-refractivity contribution < 1.29 is 4.74 Å². The van der Waals surface area contributed by atoms with Crippen molar-refractivity contribution in [1.29, 1.82) is 0 Å². The highest BCUT2D eigenvalue weighted by molar-refractivity contribution is 4.90. The molecule has 2 heterocycles. The van der Waals surface area contributed by atoms with E-state index in [0.717, 1.165) is 26.3 Å². The van der Waals surface area contributed by atoms with E-state index in [1.54, 1.807) is 0 Å². The Morgan fingerprint density at radius 2 is 2.22 bits per heavy atom. The van der Waals surface area contributed by atoms with Crippen LogP contribution in [0.1, 0.15) is 20.3 Å². The molecule has 0 aromatic rings. The molecule has 2 atom stereocenters. The lowest BCUT2D eigenvalue weighted by Crippen LogP contribution is -2.54. The van der Waals surface area contributed by atoms with E-state index in [9.17, 15) is 0 Å². The first-order valence-electron chi connectivity index (χ1n) is 7.36. The Bertz CT molecular complexity index is 253. The maximum atomic E-state index is 5.67. The van der Waals surface area contributed by atoms with Gasteiger partial charge in [0.25, 0.3) is 0 Å². The Morgan fingerprint density at radius 1 is 1.39 bits per heavy atom. The van der Waals surface area contributed by atoms with Crippen molar-refractivity contribution in [3.63, 3.8) is 0 Å². The zero-order valence-electron chi connectivity index (χ0n) is 12.2. The molecule has 2 aliphatic heterocycles. The fourth-order valence-electron chi connectivity index (χ4n) is 3.10. The van der Waals surface area contributed by atoms with Crippen molar-refractivity contribution >= 4 is 0 Å². The Kier molecular flexibility index (Phi) is 5.01. The molecule has 2 aliphatic rings. The van der Waals surface area contributed by atoms with Gasteiger partial charge in [-0.1, -0.05) is 6.92 Å².